The third-order valence-electron chi connectivity index (χ3n) is 3.09. The zero-order valence-corrected chi connectivity index (χ0v) is 12.0. The molecular formula is C18H15N3. The highest BCUT2D eigenvalue weighted by Crippen LogP contribution is 2.13. The number of nitrogens with zero attached hydrogens (tertiary/aromatic N) is 3. The third kappa shape index (κ3) is 3.18. The highest BCUT2D eigenvalue weighted by atomic mass is 15.3. The largest absolute Gasteiger partial charge is 0.265 e. The van der Waals surface area contributed by atoms with Crippen LogP contribution in [-0.2, 0) is 0 Å². The zero-order valence-electron chi connectivity index (χ0n) is 12.0. The number of aromatic nitrogens is 3. The molecule has 0 aliphatic rings. The predicted molar refractivity (Wildman–Crippen MR) is 83.3 cm³/mol. The average Bonchev–Trinajstić information content (AvgIpc) is 2.94. The minimum Gasteiger partial charge on any atom is -0.265 e. The lowest BCUT2D eigenvalue weighted by molar-refractivity contribution is 0.877. The molecule has 102 valence electrons. The summed E-state index contributed by atoms with van der Waals surface area (Å²) in [5, 5.41) is 4.38. The van der Waals surface area contributed by atoms with Gasteiger partial charge in [0, 0.05) is 24.2 Å². The van der Waals surface area contributed by atoms with Gasteiger partial charge >= 0.3 is 0 Å². The first-order valence-electron chi connectivity index (χ1n) is 6.76. The summed E-state index contributed by atoms with van der Waals surface area (Å²) in [6.07, 6.45) is 7.21. The molecule has 0 fully saturated rings. The number of benzene rings is 1. The zero-order chi connectivity index (χ0) is 14.7. The van der Waals surface area contributed by atoms with E-state index < -0.39 is 0 Å². The van der Waals surface area contributed by atoms with Crippen molar-refractivity contribution in [2.45, 2.75) is 13.8 Å². The van der Waals surface area contributed by atoms with Gasteiger partial charge in [0.1, 0.15) is 0 Å². The van der Waals surface area contributed by atoms with Crippen LogP contribution in [0.5, 0.6) is 0 Å². The number of hydrogen-bond acceptors (Lipinski definition) is 2. The molecule has 2 heterocycles. The summed E-state index contributed by atoms with van der Waals surface area (Å²) in [5.74, 6) is 6.22. The molecule has 0 saturated heterocycles. The van der Waals surface area contributed by atoms with E-state index in [1.54, 1.807) is 18.6 Å². The van der Waals surface area contributed by atoms with Gasteiger partial charge in [-0.1, -0.05) is 17.9 Å². The Morgan fingerprint density at radius 3 is 2.29 bits per heavy atom. The maximum absolute atomic E-state index is 4.38. The number of pyridine rings is 1. The number of aryl methyl sites for hydroxylation is 2. The number of hydrogen-bond donors (Lipinski definition) is 0. The fourth-order valence-electron chi connectivity index (χ4n) is 2.19. The Morgan fingerprint density at radius 1 is 0.905 bits per heavy atom. The van der Waals surface area contributed by atoms with E-state index in [4.69, 9.17) is 0 Å². The fourth-order valence-corrected chi connectivity index (χ4v) is 2.19. The van der Waals surface area contributed by atoms with Crippen LogP contribution in [0.15, 0.2) is 55.1 Å². The van der Waals surface area contributed by atoms with E-state index in [0.717, 1.165) is 16.8 Å². The normalized spacial score (nSPS) is 10.0. The predicted octanol–water partition coefficient (Wildman–Crippen LogP) is 3.28. The van der Waals surface area contributed by atoms with E-state index in [1.165, 1.54) is 11.1 Å². The Morgan fingerprint density at radius 2 is 1.57 bits per heavy atom. The summed E-state index contributed by atoms with van der Waals surface area (Å²) < 4.78 is 1.86. The van der Waals surface area contributed by atoms with Crippen LogP contribution < -0.4 is 0 Å². The highest BCUT2D eigenvalue weighted by Gasteiger charge is 2.01. The molecule has 21 heavy (non-hydrogen) atoms. The van der Waals surface area contributed by atoms with E-state index in [-0.39, 0.29) is 0 Å². The summed E-state index contributed by atoms with van der Waals surface area (Å²) in [7, 11) is 0. The highest BCUT2D eigenvalue weighted by molar-refractivity contribution is 5.43. The van der Waals surface area contributed by atoms with Crippen molar-refractivity contribution in [1.29, 1.82) is 0 Å². The molecule has 0 spiro atoms. The Bertz CT molecular complexity index is 800. The van der Waals surface area contributed by atoms with Gasteiger partial charge in [-0.05, 0) is 49.2 Å². The van der Waals surface area contributed by atoms with E-state index in [0.29, 0.717) is 0 Å². The van der Waals surface area contributed by atoms with Crippen LogP contribution >= 0.6 is 0 Å². The summed E-state index contributed by atoms with van der Waals surface area (Å²) in [6.45, 7) is 4.17. The Labute approximate surface area is 124 Å². The van der Waals surface area contributed by atoms with Crippen molar-refractivity contribution in [3.8, 4) is 17.5 Å². The molecule has 0 aliphatic carbocycles. The lowest BCUT2D eigenvalue weighted by Gasteiger charge is -2.04. The smallest absolute Gasteiger partial charge is 0.0651 e. The van der Waals surface area contributed by atoms with Crippen LogP contribution in [-0.4, -0.2) is 14.8 Å². The average molecular weight is 273 g/mol. The van der Waals surface area contributed by atoms with Crippen LogP contribution in [0.3, 0.4) is 0 Å². The van der Waals surface area contributed by atoms with E-state index in [1.807, 2.05) is 23.0 Å². The van der Waals surface area contributed by atoms with Gasteiger partial charge in [0.15, 0.2) is 0 Å². The van der Waals surface area contributed by atoms with Crippen LogP contribution in [0.25, 0.3) is 5.69 Å². The molecule has 3 heteroatoms. The van der Waals surface area contributed by atoms with Gasteiger partial charge in [-0.15, -0.1) is 0 Å². The van der Waals surface area contributed by atoms with Gasteiger partial charge in [0.05, 0.1) is 17.4 Å². The van der Waals surface area contributed by atoms with Crippen LogP contribution in [0, 0.1) is 25.7 Å². The second-order valence-corrected chi connectivity index (χ2v) is 5.01. The van der Waals surface area contributed by atoms with Crippen LogP contribution in [0.2, 0.25) is 0 Å². The quantitative estimate of drug-likeness (QED) is 0.637. The second-order valence-electron chi connectivity index (χ2n) is 5.01. The molecule has 3 nitrogen and oxygen atoms in total. The Balaban J connectivity index is 1.89. The van der Waals surface area contributed by atoms with Gasteiger partial charge in [0.2, 0.25) is 0 Å². The molecule has 0 amide bonds. The van der Waals surface area contributed by atoms with E-state index in [2.05, 4.69) is 54.0 Å². The van der Waals surface area contributed by atoms with Crippen molar-refractivity contribution in [3.05, 3.63) is 77.4 Å². The van der Waals surface area contributed by atoms with Crippen molar-refractivity contribution in [2.24, 2.45) is 0 Å². The van der Waals surface area contributed by atoms with Crippen molar-refractivity contribution < 1.29 is 0 Å². The maximum Gasteiger partial charge on any atom is 0.0651 e. The van der Waals surface area contributed by atoms with Gasteiger partial charge in [0.25, 0.3) is 0 Å². The minimum atomic E-state index is 0.894. The van der Waals surface area contributed by atoms with Gasteiger partial charge in [-0.2, -0.15) is 5.10 Å². The van der Waals surface area contributed by atoms with E-state index >= 15 is 0 Å². The lowest BCUT2D eigenvalue weighted by Crippen LogP contribution is -1.95. The Hall–Kier alpha value is -2.86. The molecular weight excluding hydrogens is 258 g/mol. The SMILES string of the molecule is Cc1cc(C)cc(-n2cc(C#Cc3ccncc3)cn2)c1. The molecule has 0 atom stereocenters. The van der Waals surface area contributed by atoms with Crippen molar-refractivity contribution >= 4 is 0 Å². The summed E-state index contributed by atoms with van der Waals surface area (Å²) in [5.41, 5.74) is 5.36. The fraction of sp³-hybridized carbons (Fsp3) is 0.111. The first-order valence-corrected chi connectivity index (χ1v) is 6.76. The van der Waals surface area contributed by atoms with Crippen molar-refractivity contribution in [1.82, 2.24) is 14.8 Å². The lowest BCUT2D eigenvalue weighted by atomic mass is 10.1. The number of rotatable bonds is 1. The molecule has 2 aromatic heterocycles. The monoisotopic (exact) mass is 273 g/mol. The molecule has 3 aromatic rings. The van der Waals surface area contributed by atoms with Gasteiger partial charge < -0.3 is 0 Å². The summed E-state index contributed by atoms with van der Waals surface area (Å²) in [6, 6.07) is 10.2. The van der Waals surface area contributed by atoms with Gasteiger partial charge in [-0.3, -0.25) is 4.98 Å². The summed E-state index contributed by atoms with van der Waals surface area (Å²) >= 11 is 0. The van der Waals surface area contributed by atoms with Crippen LogP contribution in [0.4, 0.5) is 0 Å². The third-order valence-corrected chi connectivity index (χ3v) is 3.09. The van der Waals surface area contributed by atoms with E-state index in [9.17, 15) is 0 Å². The molecule has 0 bridgehead atoms. The first-order chi connectivity index (χ1) is 10.2. The first kappa shape index (κ1) is 13.1. The van der Waals surface area contributed by atoms with Gasteiger partial charge in [-0.25, -0.2) is 4.68 Å². The molecule has 3 rings (SSSR count). The second kappa shape index (κ2) is 5.64. The molecule has 0 unspecified atom stereocenters. The topological polar surface area (TPSA) is 30.7 Å². The molecule has 1 aromatic carbocycles. The molecule has 0 aliphatic heterocycles. The molecule has 0 saturated carbocycles. The maximum atomic E-state index is 4.38. The summed E-state index contributed by atoms with van der Waals surface area (Å²) in [4.78, 5) is 3.98. The van der Waals surface area contributed by atoms with Crippen LogP contribution in [0.1, 0.15) is 22.3 Å². The standard InChI is InChI=1S/C18H15N3/c1-14-9-15(2)11-18(10-14)21-13-17(12-20-21)4-3-16-5-7-19-8-6-16/h5-13H,1-2H3. The molecule has 0 N–H and O–H groups in total. The molecule has 0 radical (unpaired) electrons. The Kier molecular flexibility index (Phi) is 3.53. The van der Waals surface area contributed by atoms with Crippen molar-refractivity contribution in [2.75, 3.05) is 0 Å². The minimum absolute atomic E-state index is 0.894. The van der Waals surface area contributed by atoms with Crippen molar-refractivity contribution in [3.63, 3.8) is 0 Å².